The first-order valence-corrected chi connectivity index (χ1v) is 10.4. The van der Waals surface area contributed by atoms with E-state index in [0.717, 1.165) is 16.8 Å². The van der Waals surface area contributed by atoms with Crippen molar-refractivity contribution in [2.45, 2.75) is 6.54 Å². The van der Waals surface area contributed by atoms with E-state index in [1.165, 1.54) is 12.1 Å². The molecule has 158 valence electrons. The maximum Gasteiger partial charge on any atom is 0.254 e. The summed E-state index contributed by atoms with van der Waals surface area (Å²) in [7, 11) is 0. The van der Waals surface area contributed by atoms with Crippen LogP contribution in [0.2, 0.25) is 5.02 Å². The van der Waals surface area contributed by atoms with Gasteiger partial charge in [0.1, 0.15) is 17.2 Å². The van der Waals surface area contributed by atoms with Crippen molar-refractivity contribution in [1.29, 1.82) is 0 Å². The molecule has 5 nitrogen and oxygen atoms in total. The van der Waals surface area contributed by atoms with Gasteiger partial charge in [-0.2, -0.15) is 5.10 Å². The number of halogens is 2. The molecule has 0 amide bonds. The number of aromatic amines is 1. The molecular weight excluding hydrogens is 427 g/mol. The topological polar surface area (TPSA) is 62.7 Å². The highest BCUT2D eigenvalue weighted by atomic mass is 35.5. The van der Waals surface area contributed by atoms with Gasteiger partial charge in [-0.3, -0.25) is 4.79 Å². The van der Waals surface area contributed by atoms with Crippen LogP contribution in [0.1, 0.15) is 5.56 Å². The average molecular weight is 445 g/mol. The van der Waals surface area contributed by atoms with Gasteiger partial charge in [0, 0.05) is 33.8 Å². The van der Waals surface area contributed by atoms with Gasteiger partial charge in [-0.1, -0.05) is 41.9 Å². The first-order chi connectivity index (χ1) is 15.6. The van der Waals surface area contributed by atoms with Gasteiger partial charge < -0.3 is 10.3 Å². The molecule has 2 heterocycles. The van der Waals surface area contributed by atoms with Gasteiger partial charge in [-0.25, -0.2) is 9.07 Å². The normalized spacial score (nSPS) is 11.1. The summed E-state index contributed by atoms with van der Waals surface area (Å²) < 4.78 is 15.6. The SMILES string of the molecule is O=c1[nH]c2c(cc1CNc1ccc(Cl)cc1)c(-c1cccc(F)c1)nn2-c1ccccc1. The van der Waals surface area contributed by atoms with Crippen LogP contribution in [0, 0.1) is 5.82 Å². The van der Waals surface area contributed by atoms with E-state index in [0.29, 0.717) is 34.0 Å². The molecule has 2 N–H and O–H groups in total. The molecule has 0 fully saturated rings. The molecule has 0 atom stereocenters. The molecule has 5 rings (SSSR count). The van der Waals surface area contributed by atoms with Crippen LogP contribution in [-0.4, -0.2) is 14.8 Å². The Balaban J connectivity index is 1.63. The Hall–Kier alpha value is -3.90. The molecule has 0 saturated heterocycles. The van der Waals surface area contributed by atoms with Crippen LogP contribution in [0.5, 0.6) is 0 Å². The molecule has 0 saturated carbocycles. The number of nitrogens with one attached hydrogen (secondary N) is 2. The van der Waals surface area contributed by atoms with Crippen molar-refractivity contribution < 1.29 is 4.39 Å². The van der Waals surface area contributed by atoms with E-state index in [2.05, 4.69) is 10.3 Å². The molecule has 0 unspecified atom stereocenters. The highest BCUT2D eigenvalue weighted by molar-refractivity contribution is 6.30. The first-order valence-electron chi connectivity index (χ1n) is 10.0. The fourth-order valence-corrected chi connectivity index (χ4v) is 3.74. The summed E-state index contributed by atoms with van der Waals surface area (Å²) in [4.78, 5) is 15.8. The standard InChI is InChI=1S/C25H18ClFN4O/c26-18-9-11-20(12-10-18)28-15-17-14-22-23(16-5-4-6-19(27)13-16)30-31(24(22)29-25(17)32)21-7-2-1-3-8-21/h1-14,28H,15H2,(H,29,32). The van der Waals surface area contributed by atoms with Crippen LogP contribution in [0.3, 0.4) is 0 Å². The molecule has 5 aromatic rings. The third kappa shape index (κ3) is 3.88. The zero-order valence-corrected chi connectivity index (χ0v) is 17.6. The Morgan fingerprint density at radius 1 is 0.969 bits per heavy atom. The zero-order chi connectivity index (χ0) is 22.1. The lowest BCUT2D eigenvalue weighted by molar-refractivity contribution is 0.628. The maximum atomic E-state index is 14.0. The van der Waals surface area contributed by atoms with Gasteiger partial charge in [0.2, 0.25) is 0 Å². The van der Waals surface area contributed by atoms with Crippen LogP contribution >= 0.6 is 11.6 Å². The quantitative estimate of drug-likeness (QED) is 0.361. The van der Waals surface area contributed by atoms with Crippen molar-refractivity contribution in [2.24, 2.45) is 0 Å². The Labute approximate surface area is 188 Å². The van der Waals surface area contributed by atoms with Crippen molar-refractivity contribution in [1.82, 2.24) is 14.8 Å². The van der Waals surface area contributed by atoms with E-state index in [9.17, 15) is 9.18 Å². The van der Waals surface area contributed by atoms with Crippen molar-refractivity contribution in [2.75, 3.05) is 5.32 Å². The minimum atomic E-state index is -0.348. The summed E-state index contributed by atoms with van der Waals surface area (Å²) in [5.41, 5.74) is 3.73. The highest BCUT2D eigenvalue weighted by Gasteiger charge is 2.17. The van der Waals surface area contributed by atoms with E-state index < -0.39 is 0 Å². The molecule has 0 aliphatic rings. The Bertz CT molecular complexity index is 1460. The summed E-state index contributed by atoms with van der Waals surface area (Å²) >= 11 is 5.94. The molecule has 0 radical (unpaired) electrons. The van der Waals surface area contributed by atoms with E-state index in [1.807, 2.05) is 48.5 Å². The molecule has 0 bridgehead atoms. The Morgan fingerprint density at radius 2 is 1.75 bits per heavy atom. The number of rotatable bonds is 5. The average Bonchev–Trinajstić information content (AvgIpc) is 3.17. The number of hydrogen-bond donors (Lipinski definition) is 2. The number of para-hydroxylation sites is 1. The lowest BCUT2D eigenvalue weighted by Gasteiger charge is -2.07. The molecule has 3 aromatic carbocycles. The summed E-state index contributed by atoms with van der Waals surface area (Å²) in [6, 6.07) is 24.8. The lowest BCUT2D eigenvalue weighted by atomic mass is 10.1. The van der Waals surface area contributed by atoms with Gasteiger partial charge in [0.15, 0.2) is 0 Å². The highest BCUT2D eigenvalue weighted by Crippen LogP contribution is 2.29. The molecule has 0 spiro atoms. The zero-order valence-electron chi connectivity index (χ0n) is 16.8. The van der Waals surface area contributed by atoms with Crippen molar-refractivity contribution >= 4 is 28.3 Å². The summed E-state index contributed by atoms with van der Waals surface area (Å²) in [5.74, 6) is -0.348. The van der Waals surface area contributed by atoms with Crippen LogP contribution < -0.4 is 10.9 Å². The summed E-state index contributed by atoms with van der Waals surface area (Å²) in [6.45, 7) is 0.312. The minimum Gasteiger partial charge on any atom is -0.381 e. The molecule has 0 aliphatic carbocycles. The van der Waals surface area contributed by atoms with Gasteiger partial charge in [-0.05, 0) is 54.6 Å². The maximum absolute atomic E-state index is 14.0. The predicted octanol–water partition coefficient (Wildman–Crippen LogP) is 5.79. The van der Waals surface area contributed by atoms with Gasteiger partial charge in [-0.15, -0.1) is 0 Å². The second-order valence-electron chi connectivity index (χ2n) is 7.35. The summed E-state index contributed by atoms with van der Waals surface area (Å²) in [5, 5.41) is 9.33. The fourth-order valence-electron chi connectivity index (χ4n) is 3.62. The van der Waals surface area contributed by atoms with Crippen molar-refractivity contribution in [3.05, 3.63) is 112 Å². The Kier molecular flexibility index (Phi) is 5.21. The largest absolute Gasteiger partial charge is 0.381 e. The molecular formula is C25H18ClFN4O. The molecule has 32 heavy (non-hydrogen) atoms. The Morgan fingerprint density at radius 3 is 2.50 bits per heavy atom. The van der Waals surface area contributed by atoms with Gasteiger partial charge >= 0.3 is 0 Å². The first kappa shape index (κ1) is 20.0. The second kappa shape index (κ2) is 8.32. The van der Waals surface area contributed by atoms with E-state index in [-0.39, 0.29) is 11.4 Å². The van der Waals surface area contributed by atoms with Crippen molar-refractivity contribution in [3.63, 3.8) is 0 Å². The van der Waals surface area contributed by atoms with Gasteiger partial charge in [0.05, 0.1) is 5.69 Å². The van der Waals surface area contributed by atoms with E-state index >= 15 is 0 Å². The van der Waals surface area contributed by atoms with Crippen LogP contribution in [0.15, 0.2) is 89.7 Å². The van der Waals surface area contributed by atoms with Crippen molar-refractivity contribution in [3.8, 4) is 16.9 Å². The third-order valence-corrected chi connectivity index (χ3v) is 5.44. The number of nitrogens with zero attached hydrogens (tertiary/aromatic N) is 2. The molecule has 0 aliphatic heterocycles. The fraction of sp³-hybridized carbons (Fsp3) is 0.0400. The monoisotopic (exact) mass is 444 g/mol. The smallest absolute Gasteiger partial charge is 0.254 e. The molecule has 7 heteroatoms. The van der Waals surface area contributed by atoms with Gasteiger partial charge in [0.25, 0.3) is 5.56 Å². The third-order valence-electron chi connectivity index (χ3n) is 5.19. The van der Waals surface area contributed by atoms with Crippen LogP contribution in [0.25, 0.3) is 28.0 Å². The van der Waals surface area contributed by atoms with E-state index in [1.54, 1.807) is 28.9 Å². The van der Waals surface area contributed by atoms with Crippen LogP contribution in [-0.2, 0) is 6.54 Å². The lowest BCUT2D eigenvalue weighted by Crippen LogP contribution is -2.16. The summed E-state index contributed by atoms with van der Waals surface area (Å²) in [6.07, 6.45) is 0. The molecule has 2 aromatic heterocycles. The number of benzene rings is 3. The number of H-pyrrole nitrogens is 1. The second-order valence-corrected chi connectivity index (χ2v) is 7.79. The van der Waals surface area contributed by atoms with E-state index in [4.69, 9.17) is 16.7 Å². The predicted molar refractivity (Wildman–Crippen MR) is 126 cm³/mol. The minimum absolute atomic E-state index is 0.221. The number of fused-ring (bicyclic) bond motifs is 1. The number of aromatic nitrogens is 3. The number of hydrogen-bond acceptors (Lipinski definition) is 3. The van der Waals surface area contributed by atoms with Crippen LogP contribution in [0.4, 0.5) is 10.1 Å². The number of anilines is 1. The number of pyridine rings is 1.